The maximum absolute atomic E-state index is 12.9. The first-order valence-corrected chi connectivity index (χ1v) is 29.1. The van der Waals surface area contributed by atoms with E-state index in [0.29, 0.717) is 19.3 Å². The lowest BCUT2D eigenvalue weighted by Gasteiger charge is -2.18. The molecule has 1 unspecified atom stereocenters. The van der Waals surface area contributed by atoms with Crippen LogP contribution in [0.2, 0.25) is 0 Å². The highest BCUT2D eigenvalue weighted by molar-refractivity contribution is 5.71. The molecule has 0 heterocycles. The molecule has 6 nitrogen and oxygen atoms in total. The molecule has 0 N–H and O–H groups in total. The van der Waals surface area contributed by atoms with Crippen molar-refractivity contribution in [2.24, 2.45) is 0 Å². The first-order valence-electron chi connectivity index (χ1n) is 29.1. The summed E-state index contributed by atoms with van der Waals surface area (Å²) >= 11 is 0. The highest BCUT2D eigenvalue weighted by Crippen LogP contribution is 2.16. The Morgan fingerprint density at radius 1 is 0.304 bits per heavy atom. The Morgan fingerprint density at radius 3 is 1.00 bits per heavy atom. The molecule has 0 aliphatic carbocycles. The summed E-state index contributed by atoms with van der Waals surface area (Å²) in [5.74, 6) is -0.992. The molecule has 6 heteroatoms. The van der Waals surface area contributed by atoms with Crippen LogP contribution in [0.4, 0.5) is 0 Å². The maximum Gasteiger partial charge on any atom is 0.306 e. The molecular formula is C63H108O6. The molecule has 0 fully saturated rings. The summed E-state index contributed by atoms with van der Waals surface area (Å²) < 4.78 is 16.8. The first-order chi connectivity index (χ1) is 34.0. The monoisotopic (exact) mass is 961 g/mol. The van der Waals surface area contributed by atoms with Crippen LogP contribution in [-0.4, -0.2) is 37.2 Å². The molecule has 0 aromatic heterocycles. The standard InChI is InChI=1S/C63H108O6/c1-4-7-10-13-16-19-22-25-27-29-31-33-35-38-41-44-47-50-53-56-62(65)68-59-60(58-67-61(64)55-52-49-46-43-40-37-24-21-18-15-12-9-6-3)69-63(66)57-54-51-48-45-42-39-36-34-32-30-28-26-23-20-17-14-11-8-5-2/h9,12,16,18-19,21,25,27,31,33,37,40,46,49,60H,4-8,10-11,13-15,17,20,22-24,26,28-30,32,34-36,38-39,41-45,47-48,50-59H2,1-3H3/b12-9-,19-16-,21-18-,27-25-,33-31-,40-37-,49-46-. The van der Waals surface area contributed by atoms with Gasteiger partial charge in [0.25, 0.3) is 0 Å². The minimum Gasteiger partial charge on any atom is -0.462 e. The highest BCUT2D eigenvalue weighted by Gasteiger charge is 2.19. The minimum absolute atomic E-state index is 0.104. The van der Waals surface area contributed by atoms with Gasteiger partial charge in [-0.3, -0.25) is 14.4 Å². The van der Waals surface area contributed by atoms with E-state index in [4.69, 9.17) is 14.2 Å². The van der Waals surface area contributed by atoms with E-state index in [0.717, 1.165) is 83.5 Å². The third-order valence-corrected chi connectivity index (χ3v) is 12.4. The van der Waals surface area contributed by atoms with Crippen molar-refractivity contribution in [3.05, 3.63) is 85.1 Å². The molecule has 0 rings (SSSR count). The number of carbonyl (C=O) groups excluding carboxylic acids is 3. The van der Waals surface area contributed by atoms with Gasteiger partial charge in [0, 0.05) is 19.3 Å². The average Bonchev–Trinajstić information content (AvgIpc) is 3.35. The van der Waals surface area contributed by atoms with E-state index in [9.17, 15) is 14.4 Å². The quantitative estimate of drug-likeness (QED) is 0.0262. The Bertz CT molecular complexity index is 1330. The lowest BCUT2D eigenvalue weighted by atomic mass is 10.0. The molecular weight excluding hydrogens is 853 g/mol. The summed E-state index contributed by atoms with van der Waals surface area (Å²) in [5, 5.41) is 0. The lowest BCUT2D eigenvalue weighted by molar-refractivity contribution is -0.166. The Kier molecular flexibility index (Phi) is 54.3. The average molecular weight is 962 g/mol. The van der Waals surface area contributed by atoms with Crippen molar-refractivity contribution in [3.63, 3.8) is 0 Å². The third-order valence-electron chi connectivity index (χ3n) is 12.4. The number of esters is 3. The van der Waals surface area contributed by atoms with E-state index in [1.54, 1.807) is 0 Å². The second kappa shape index (κ2) is 57.2. The predicted molar refractivity (Wildman–Crippen MR) is 297 cm³/mol. The normalized spacial score (nSPS) is 12.7. The molecule has 0 radical (unpaired) electrons. The molecule has 0 bridgehead atoms. The van der Waals surface area contributed by atoms with E-state index in [1.165, 1.54) is 148 Å². The van der Waals surface area contributed by atoms with Crippen molar-refractivity contribution in [1.29, 1.82) is 0 Å². The largest absolute Gasteiger partial charge is 0.462 e. The van der Waals surface area contributed by atoms with E-state index < -0.39 is 6.10 Å². The van der Waals surface area contributed by atoms with Crippen LogP contribution in [0.3, 0.4) is 0 Å². The number of hydrogen-bond acceptors (Lipinski definition) is 6. The highest BCUT2D eigenvalue weighted by atomic mass is 16.6. The van der Waals surface area contributed by atoms with E-state index in [-0.39, 0.29) is 37.5 Å². The molecule has 0 aliphatic rings. The maximum atomic E-state index is 12.9. The van der Waals surface area contributed by atoms with Gasteiger partial charge in [0.05, 0.1) is 0 Å². The molecule has 69 heavy (non-hydrogen) atoms. The Labute approximate surface area is 426 Å². The summed E-state index contributed by atoms with van der Waals surface area (Å²) in [5.41, 5.74) is 0. The summed E-state index contributed by atoms with van der Waals surface area (Å²) in [6.07, 6.45) is 74.5. The number of carbonyl (C=O) groups is 3. The van der Waals surface area contributed by atoms with Gasteiger partial charge in [0.2, 0.25) is 0 Å². The molecule has 0 saturated heterocycles. The fourth-order valence-electron chi connectivity index (χ4n) is 8.05. The summed E-state index contributed by atoms with van der Waals surface area (Å²) in [7, 11) is 0. The minimum atomic E-state index is -0.810. The van der Waals surface area contributed by atoms with Gasteiger partial charge in [0.15, 0.2) is 6.10 Å². The van der Waals surface area contributed by atoms with Crippen LogP contribution in [0.1, 0.15) is 278 Å². The molecule has 0 aromatic rings. The molecule has 0 aromatic carbocycles. The van der Waals surface area contributed by atoms with E-state index >= 15 is 0 Å². The van der Waals surface area contributed by atoms with Crippen LogP contribution < -0.4 is 0 Å². The van der Waals surface area contributed by atoms with Crippen molar-refractivity contribution in [2.75, 3.05) is 13.2 Å². The van der Waals surface area contributed by atoms with Gasteiger partial charge in [-0.2, -0.15) is 0 Å². The van der Waals surface area contributed by atoms with Gasteiger partial charge in [-0.25, -0.2) is 0 Å². The summed E-state index contributed by atoms with van der Waals surface area (Å²) in [6, 6.07) is 0. The Hall–Kier alpha value is -3.41. The van der Waals surface area contributed by atoms with E-state index in [2.05, 4.69) is 99.8 Å². The van der Waals surface area contributed by atoms with Crippen molar-refractivity contribution < 1.29 is 28.6 Å². The second-order valence-corrected chi connectivity index (χ2v) is 19.2. The van der Waals surface area contributed by atoms with Crippen LogP contribution in [-0.2, 0) is 28.6 Å². The van der Waals surface area contributed by atoms with Crippen molar-refractivity contribution in [3.8, 4) is 0 Å². The number of hydrogen-bond donors (Lipinski definition) is 0. The fourth-order valence-corrected chi connectivity index (χ4v) is 8.05. The lowest BCUT2D eigenvalue weighted by Crippen LogP contribution is -2.30. The topological polar surface area (TPSA) is 78.9 Å². The zero-order valence-electron chi connectivity index (χ0n) is 45.3. The molecule has 0 aliphatic heterocycles. The SMILES string of the molecule is CC/C=C\C/C=C\C/C=C\C/C=C\CCC(=O)OCC(COC(=O)CCCCCCCC/C=C\C/C=C\C/C=C\CCCCC)OC(=O)CCCCCCCCCCCCCCCCCCCCC. The third kappa shape index (κ3) is 55.4. The Morgan fingerprint density at radius 2 is 0.594 bits per heavy atom. The van der Waals surface area contributed by atoms with Gasteiger partial charge >= 0.3 is 17.9 Å². The van der Waals surface area contributed by atoms with Crippen molar-refractivity contribution >= 4 is 17.9 Å². The zero-order valence-corrected chi connectivity index (χ0v) is 45.3. The van der Waals surface area contributed by atoms with Gasteiger partial charge in [-0.1, -0.05) is 260 Å². The number of rotatable bonds is 52. The van der Waals surface area contributed by atoms with Gasteiger partial charge < -0.3 is 14.2 Å². The molecule has 0 amide bonds. The van der Waals surface area contributed by atoms with Gasteiger partial charge in [0.1, 0.15) is 13.2 Å². The molecule has 396 valence electrons. The van der Waals surface area contributed by atoms with Crippen molar-refractivity contribution in [2.45, 2.75) is 284 Å². The fraction of sp³-hybridized carbons (Fsp3) is 0.730. The predicted octanol–water partition coefficient (Wildman–Crippen LogP) is 19.5. The molecule has 0 saturated carbocycles. The number of unbranched alkanes of at least 4 members (excludes halogenated alkanes) is 27. The van der Waals surface area contributed by atoms with Crippen LogP contribution >= 0.6 is 0 Å². The smallest absolute Gasteiger partial charge is 0.306 e. The van der Waals surface area contributed by atoms with E-state index in [1.807, 2.05) is 6.08 Å². The van der Waals surface area contributed by atoms with Crippen LogP contribution in [0.15, 0.2) is 85.1 Å². The number of ether oxygens (including phenoxy) is 3. The van der Waals surface area contributed by atoms with Crippen LogP contribution in [0.25, 0.3) is 0 Å². The molecule has 1 atom stereocenters. The first kappa shape index (κ1) is 65.6. The molecule has 0 spiro atoms. The van der Waals surface area contributed by atoms with Crippen LogP contribution in [0, 0.1) is 0 Å². The summed E-state index contributed by atoms with van der Waals surface area (Å²) in [4.78, 5) is 38.1. The number of allylic oxidation sites excluding steroid dienone is 14. The second-order valence-electron chi connectivity index (χ2n) is 19.2. The van der Waals surface area contributed by atoms with Gasteiger partial charge in [-0.05, 0) is 83.5 Å². The van der Waals surface area contributed by atoms with Crippen molar-refractivity contribution in [1.82, 2.24) is 0 Å². The zero-order chi connectivity index (χ0) is 50.0. The summed E-state index contributed by atoms with van der Waals surface area (Å²) in [6.45, 7) is 6.44. The van der Waals surface area contributed by atoms with Gasteiger partial charge in [-0.15, -0.1) is 0 Å². The Balaban J connectivity index is 4.42. The van der Waals surface area contributed by atoms with Crippen LogP contribution in [0.5, 0.6) is 0 Å².